The van der Waals surface area contributed by atoms with Crippen LogP contribution in [0.5, 0.6) is 0 Å². The van der Waals surface area contributed by atoms with E-state index in [0.717, 1.165) is 19.0 Å². The van der Waals surface area contributed by atoms with Gasteiger partial charge in [-0.2, -0.15) is 0 Å². The highest BCUT2D eigenvalue weighted by molar-refractivity contribution is 4.82. The maximum atomic E-state index is 8.98. The number of β-amino-alcohol motifs (C(OH)–C–C–N with tert-alkyl or cyclic N) is 1. The molecular weight excluding hydrogens is 126 g/mol. The Bertz CT molecular complexity index is 116. The SMILES string of the molecule is OC1CN(CC2CCC2)C1. The molecule has 2 heteroatoms. The molecule has 0 aromatic heterocycles. The first kappa shape index (κ1) is 6.62. The Morgan fingerprint density at radius 1 is 1.30 bits per heavy atom. The van der Waals surface area contributed by atoms with Crippen molar-refractivity contribution in [1.29, 1.82) is 0 Å². The number of hydrogen-bond acceptors (Lipinski definition) is 2. The molecule has 0 aromatic carbocycles. The van der Waals surface area contributed by atoms with E-state index in [-0.39, 0.29) is 6.10 Å². The van der Waals surface area contributed by atoms with Crippen LogP contribution in [0, 0.1) is 5.92 Å². The lowest BCUT2D eigenvalue weighted by Crippen LogP contribution is -2.52. The van der Waals surface area contributed by atoms with Gasteiger partial charge in [0.15, 0.2) is 0 Å². The number of hydrogen-bond donors (Lipinski definition) is 1. The van der Waals surface area contributed by atoms with Gasteiger partial charge in [0.05, 0.1) is 6.10 Å². The lowest BCUT2D eigenvalue weighted by molar-refractivity contribution is -0.0135. The zero-order valence-electron chi connectivity index (χ0n) is 6.29. The molecule has 0 bridgehead atoms. The molecule has 0 aromatic rings. The standard InChI is InChI=1S/C8H15NO/c10-8-5-9(6-8)4-7-2-1-3-7/h7-8,10H,1-6H2. The van der Waals surface area contributed by atoms with Gasteiger partial charge < -0.3 is 5.11 Å². The summed E-state index contributed by atoms with van der Waals surface area (Å²) in [6, 6.07) is 0. The summed E-state index contributed by atoms with van der Waals surface area (Å²) >= 11 is 0. The molecule has 1 saturated heterocycles. The Balaban J connectivity index is 1.62. The molecule has 2 fully saturated rings. The van der Waals surface area contributed by atoms with E-state index >= 15 is 0 Å². The van der Waals surface area contributed by atoms with Crippen molar-refractivity contribution in [3.05, 3.63) is 0 Å². The third kappa shape index (κ3) is 1.18. The Hall–Kier alpha value is -0.0800. The Morgan fingerprint density at radius 3 is 2.40 bits per heavy atom. The number of rotatable bonds is 2. The summed E-state index contributed by atoms with van der Waals surface area (Å²) in [6.07, 6.45) is 4.26. The topological polar surface area (TPSA) is 23.5 Å². The van der Waals surface area contributed by atoms with Crippen LogP contribution >= 0.6 is 0 Å². The van der Waals surface area contributed by atoms with Gasteiger partial charge in [0, 0.05) is 19.6 Å². The van der Waals surface area contributed by atoms with Gasteiger partial charge in [0.25, 0.3) is 0 Å². The van der Waals surface area contributed by atoms with Crippen LogP contribution in [-0.2, 0) is 0 Å². The number of nitrogens with zero attached hydrogens (tertiary/aromatic N) is 1. The van der Waals surface area contributed by atoms with Gasteiger partial charge in [0.1, 0.15) is 0 Å². The molecule has 0 unspecified atom stereocenters. The van der Waals surface area contributed by atoms with Crippen LogP contribution in [0.4, 0.5) is 0 Å². The van der Waals surface area contributed by atoms with Crippen molar-refractivity contribution in [1.82, 2.24) is 4.90 Å². The van der Waals surface area contributed by atoms with Crippen molar-refractivity contribution in [2.75, 3.05) is 19.6 Å². The fourth-order valence-electron chi connectivity index (χ4n) is 1.73. The van der Waals surface area contributed by atoms with E-state index in [1.54, 1.807) is 0 Å². The summed E-state index contributed by atoms with van der Waals surface area (Å²) in [4.78, 5) is 2.36. The minimum absolute atomic E-state index is 0.0138. The highest BCUT2D eigenvalue weighted by Gasteiger charge is 2.28. The molecule has 0 radical (unpaired) electrons. The van der Waals surface area contributed by atoms with Gasteiger partial charge in [-0.25, -0.2) is 0 Å². The summed E-state index contributed by atoms with van der Waals surface area (Å²) in [5.74, 6) is 0.965. The maximum absolute atomic E-state index is 8.98. The quantitative estimate of drug-likeness (QED) is 0.604. The predicted molar refractivity (Wildman–Crippen MR) is 39.8 cm³/mol. The van der Waals surface area contributed by atoms with Gasteiger partial charge in [-0.3, -0.25) is 4.90 Å². The number of aliphatic hydroxyl groups excluding tert-OH is 1. The average molecular weight is 141 g/mol. The molecule has 2 aliphatic rings. The van der Waals surface area contributed by atoms with Crippen LogP contribution in [0.1, 0.15) is 19.3 Å². The molecule has 1 saturated carbocycles. The second-order valence-corrected chi connectivity index (χ2v) is 3.67. The van der Waals surface area contributed by atoms with Crippen LogP contribution in [0.3, 0.4) is 0 Å². The molecule has 1 aliphatic heterocycles. The van der Waals surface area contributed by atoms with Crippen LogP contribution in [0.25, 0.3) is 0 Å². The Labute approximate surface area is 61.8 Å². The van der Waals surface area contributed by atoms with Crippen molar-refractivity contribution < 1.29 is 5.11 Å². The van der Waals surface area contributed by atoms with E-state index in [9.17, 15) is 0 Å². The third-order valence-corrected chi connectivity index (χ3v) is 2.68. The number of aliphatic hydroxyl groups is 1. The lowest BCUT2D eigenvalue weighted by Gasteiger charge is -2.40. The van der Waals surface area contributed by atoms with Crippen molar-refractivity contribution in [3.8, 4) is 0 Å². The third-order valence-electron chi connectivity index (χ3n) is 2.68. The molecule has 1 heterocycles. The van der Waals surface area contributed by atoms with Crippen LogP contribution < -0.4 is 0 Å². The van der Waals surface area contributed by atoms with Gasteiger partial charge in [0.2, 0.25) is 0 Å². The summed E-state index contributed by atoms with van der Waals surface area (Å²) in [5, 5.41) is 8.98. The van der Waals surface area contributed by atoms with Crippen molar-refractivity contribution >= 4 is 0 Å². The first-order chi connectivity index (χ1) is 4.84. The van der Waals surface area contributed by atoms with E-state index in [1.165, 1.54) is 25.8 Å². The van der Waals surface area contributed by atoms with E-state index in [4.69, 9.17) is 5.11 Å². The second kappa shape index (κ2) is 2.51. The van der Waals surface area contributed by atoms with Crippen LogP contribution in [-0.4, -0.2) is 35.7 Å². The van der Waals surface area contributed by atoms with E-state index in [0.29, 0.717) is 0 Å². The highest BCUT2D eigenvalue weighted by Crippen LogP contribution is 2.28. The van der Waals surface area contributed by atoms with Gasteiger partial charge in [-0.1, -0.05) is 6.42 Å². The minimum atomic E-state index is -0.0138. The molecule has 0 spiro atoms. The fraction of sp³-hybridized carbons (Fsp3) is 1.00. The van der Waals surface area contributed by atoms with Crippen LogP contribution in [0.15, 0.2) is 0 Å². The van der Waals surface area contributed by atoms with Crippen LogP contribution in [0.2, 0.25) is 0 Å². The molecule has 58 valence electrons. The predicted octanol–water partition coefficient (Wildman–Crippen LogP) is 0.463. The van der Waals surface area contributed by atoms with Crippen molar-refractivity contribution in [3.63, 3.8) is 0 Å². The molecule has 2 rings (SSSR count). The fourth-order valence-corrected chi connectivity index (χ4v) is 1.73. The monoisotopic (exact) mass is 141 g/mol. The summed E-state index contributed by atoms with van der Waals surface area (Å²) in [6.45, 7) is 3.10. The van der Waals surface area contributed by atoms with Crippen molar-refractivity contribution in [2.24, 2.45) is 5.92 Å². The molecular formula is C8H15NO. The Kier molecular flexibility index (Phi) is 1.66. The first-order valence-electron chi connectivity index (χ1n) is 4.25. The second-order valence-electron chi connectivity index (χ2n) is 3.67. The van der Waals surface area contributed by atoms with E-state index in [1.807, 2.05) is 0 Å². The zero-order valence-corrected chi connectivity index (χ0v) is 6.29. The highest BCUT2D eigenvalue weighted by atomic mass is 16.3. The summed E-state index contributed by atoms with van der Waals surface area (Å²) in [5.41, 5.74) is 0. The molecule has 0 atom stereocenters. The maximum Gasteiger partial charge on any atom is 0.0793 e. The van der Waals surface area contributed by atoms with Gasteiger partial charge in [-0.15, -0.1) is 0 Å². The first-order valence-corrected chi connectivity index (χ1v) is 4.25. The van der Waals surface area contributed by atoms with E-state index < -0.39 is 0 Å². The Morgan fingerprint density at radius 2 is 2.00 bits per heavy atom. The smallest absolute Gasteiger partial charge is 0.0793 e. The van der Waals surface area contributed by atoms with E-state index in [2.05, 4.69) is 4.90 Å². The summed E-state index contributed by atoms with van der Waals surface area (Å²) in [7, 11) is 0. The zero-order chi connectivity index (χ0) is 6.97. The molecule has 0 amide bonds. The lowest BCUT2D eigenvalue weighted by atomic mass is 9.84. The van der Waals surface area contributed by atoms with Crippen molar-refractivity contribution in [2.45, 2.75) is 25.4 Å². The molecule has 10 heavy (non-hydrogen) atoms. The normalized spacial score (nSPS) is 29.7. The van der Waals surface area contributed by atoms with Gasteiger partial charge in [-0.05, 0) is 18.8 Å². The molecule has 1 aliphatic carbocycles. The van der Waals surface area contributed by atoms with Gasteiger partial charge >= 0.3 is 0 Å². The minimum Gasteiger partial charge on any atom is -0.390 e. The largest absolute Gasteiger partial charge is 0.390 e. The molecule has 1 N–H and O–H groups in total. The summed E-state index contributed by atoms with van der Waals surface area (Å²) < 4.78 is 0. The number of likely N-dealkylation sites (tertiary alicyclic amines) is 1. The average Bonchev–Trinajstić information content (AvgIpc) is 1.72. The molecule has 2 nitrogen and oxygen atoms in total.